The van der Waals surface area contributed by atoms with Gasteiger partial charge in [0.15, 0.2) is 0 Å². The molecule has 0 saturated heterocycles. The normalized spacial score (nSPS) is 13.9. The zero-order valence-corrected chi connectivity index (χ0v) is 23.5. The van der Waals surface area contributed by atoms with E-state index in [0.717, 1.165) is 17.7 Å². The summed E-state index contributed by atoms with van der Waals surface area (Å²) in [6.45, 7) is 2.30. The first-order chi connectivity index (χ1) is 19.7. The molecule has 224 valence electrons. The van der Waals surface area contributed by atoms with Crippen LogP contribution >= 0.6 is 0 Å². The molecule has 2 heterocycles. The fourth-order valence-corrected chi connectivity index (χ4v) is 5.58. The van der Waals surface area contributed by atoms with Gasteiger partial charge in [-0.3, -0.25) is 0 Å². The number of aliphatic hydroxyl groups excluding tert-OH is 1. The number of hydrogen-bond donors (Lipinski definition) is 4. The molecule has 4 aromatic rings. The number of nitrogens with one attached hydrogen (secondary N) is 1. The Kier molecular flexibility index (Phi) is 8.92. The van der Waals surface area contributed by atoms with Crippen LogP contribution in [0.5, 0.6) is 0 Å². The van der Waals surface area contributed by atoms with Crippen LogP contribution in [-0.4, -0.2) is 64.4 Å². The molecule has 0 aliphatic carbocycles. The monoisotopic (exact) mass is 605 g/mol. The summed E-state index contributed by atoms with van der Waals surface area (Å²) in [6.07, 6.45) is -3.72. The molecule has 0 bridgehead atoms. The highest BCUT2D eigenvalue weighted by Crippen LogP contribution is 2.28. The van der Waals surface area contributed by atoms with Gasteiger partial charge in [0, 0.05) is 48.8 Å². The number of sulfonamides is 1. The summed E-state index contributed by atoms with van der Waals surface area (Å²) in [5.41, 5.74) is 8.28. The van der Waals surface area contributed by atoms with Gasteiger partial charge < -0.3 is 25.8 Å². The van der Waals surface area contributed by atoms with E-state index >= 15 is 0 Å². The van der Waals surface area contributed by atoms with Crippen LogP contribution in [0.25, 0.3) is 10.9 Å². The third-order valence-electron chi connectivity index (χ3n) is 6.86. The van der Waals surface area contributed by atoms with Crippen molar-refractivity contribution in [2.45, 2.75) is 43.2 Å². The zero-order valence-electron chi connectivity index (χ0n) is 22.7. The molecular formula is C28H30F3N5O5S. The minimum atomic E-state index is -5.07. The number of halogens is 3. The molecule has 2 aromatic carbocycles. The second-order valence-electron chi connectivity index (χ2n) is 9.94. The number of carbonyl (C=O) groups is 1. The van der Waals surface area contributed by atoms with E-state index in [1.807, 2.05) is 19.1 Å². The van der Waals surface area contributed by atoms with E-state index in [2.05, 4.69) is 10.3 Å². The molecular weight excluding hydrogens is 575 g/mol. The fourth-order valence-electron chi connectivity index (χ4n) is 4.51. The molecule has 0 aliphatic rings. The van der Waals surface area contributed by atoms with Gasteiger partial charge in [-0.05, 0) is 60.9 Å². The largest absolute Gasteiger partial charge is 0.477 e. The van der Waals surface area contributed by atoms with Gasteiger partial charge in [0.2, 0.25) is 10.0 Å². The van der Waals surface area contributed by atoms with E-state index in [0.29, 0.717) is 47.9 Å². The lowest BCUT2D eigenvalue weighted by molar-refractivity contribution is -0.202. The molecule has 0 amide bonds. The van der Waals surface area contributed by atoms with Gasteiger partial charge in [0.25, 0.3) is 0 Å². The Morgan fingerprint density at radius 2 is 1.76 bits per heavy atom. The molecule has 0 fully saturated rings. The first kappa shape index (κ1) is 31.0. The van der Waals surface area contributed by atoms with E-state index < -0.39 is 37.6 Å². The highest BCUT2D eigenvalue weighted by molar-refractivity contribution is 7.89. The van der Waals surface area contributed by atoms with Crippen LogP contribution in [0.4, 0.5) is 19.0 Å². The Morgan fingerprint density at radius 1 is 1.10 bits per heavy atom. The number of carboxylic acids is 1. The van der Waals surface area contributed by atoms with Gasteiger partial charge in [-0.15, -0.1) is 4.31 Å². The Morgan fingerprint density at radius 3 is 2.36 bits per heavy atom. The van der Waals surface area contributed by atoms with Crippen molar-refractivity contribution >= 4 is 32.7 Å². The van der Waals surface area contributed by atoms with Crippen LogP contribution in [-0.2, 0) is 23.0 Å². The number of aromatic carboxylic acids is 1. The summed E-state index contributed by atoms with van der Waals surface area (Å²) in [5.74, 6) is -0.802. The number of alkyl halides is 3. The van der Waals surface area contributed by atoms with Crippen molar-refractivity contribution < 1.29 is 36.6 Å². The maximum absolute atomic E-state index is 12.9. The van der Waals surface area contributed by atoms with Crippen molar-refractivity contribution in [3.8, 4) is 0 Å². The lowest BCUT2D eigenvalue weighted by atomic mass is 10.0. The summed E-state index contributed by atoms with van der Waals surface area (Å²) in [7, 11) is -4.36. The van der Waals surface area contributed by atoms with E-state index in [-0.39, 0.29) is 18.3 Å². The minimum Gasteiger partial charge on any atom is -0.477 e. The first-order valence-electron chi connectivity index (χ1n) is 12.8. The van der Waals surface area contributed by atoms with Crippen molar-refractivity contribution in [2.24, 2.45) is 0 Å². The van der Waals surface area contributed by atoms with Crippen molar-refractivity contribution in [3.05, 3.63) is 89.2 Å². The Bertz CT molecular complexity index is 1670. The topological polar surface area (TPSA) is 151 Å². The van der Waals surface area contributed by atoms with Crippen LogP contribution < -0.4 is 11.1 Å². The highest BCUT2D eigenvalue weighted by Gasteiger charge is 2.43. The third kappa shape index (κ3) is 6.90. The lowest BCUT2D eigenvalue weighted by Gasteiger charge is -2.19. The van der Waals surface area contributed by atoms with Gasteiger partial charge >= 0.3 is 12.3 Å². The second kappa shape index (κ2) is 12.1. The van der Waals surface area contributed by atoms with E-state index in [4.69, 9.17) is 5.73 Å². The van der Waals surface area contributed by atoms with Gasteiger partial charge in [0.1, 0.15) is 11.5 Å². The van der Waals surface area contributed by atoms with Gasteiger partial charge in [-0.1, -0.05) is 24.3 Å². The number of nitrogens with two attached hydrogens (primary N) is 1. The number of nitrogen functional groups attached to an aromatic ring is 1. The fraction of sp³-hybridized carbons (Fsp3) is 0.286. The molecule has 14 heteroatoms. The molecule has 2 atom stereocenters. The van der Waals surface area contributed by atoms with Crippen LogP contribution in [0.15, 0.2) is 71.8 Å². The molecule has 0 radical (unpaired) electrons. The van der Waals surface area contributed by atoms with Crippen LogP contribution in [0, 0.1) is 0 Å². The number of carboxylic acid groups (broad SMARTS) is 1. The number of rotatable bonds is 11. The van der Waals surface area contributed by atoms with E-state index in [1.54, 1.807) is 22.8 Å². The van der Waals surface area contributed by atoms with Gasteiger partial charge in [-0.2, -0.15) is 13.2 Å². The number of nitrogens with zero attached hydrogens (tertiary/aromatic N) is 3. The molecule has 2 aromatic heterocycles. The first-order valence-corrected chi connectivity index (χ1v) is 14.2. The molecule has 0 aliphatic heterocycles. The van der Waals surface area contributed by atoms with Gasteiger partial charge in [0.05, 0.1) is 11.0 Å². The molecule has 5 N–H and O–H groups in total. The predicted molar refractivity (Wildman–Crippen MR) is 150 cm³/mol. The zero-order chi connectivity index (χ0) is 30.8. The number of benzene rings is 2. The summed E-state index contributed by atoms with van der Waals surface area (Å²) < 4.78 is 64.3. The Hall–Kier alpha value is -3.98. The standard InChI is InChI=1S/C28H30F3N5O5S/c1-17(33-15-25(37)20-6-10-26(32)34-14-20)11-19-5-9-23-21(12-19)13-24(27(38)39)36(23)16-18-3-7-22(8-4-18)42(40,41)35(2)28(29,30)31/h3-10,12-14,17,25,33,37H,11,15-16H2,1-2H3,(H2,32,34)(H,38,39). The molecule has 0 spiro atoms. The van der Waals surface area contributed by atoms with Crippen molar-refractivity contribution in [3.63, 3.8) is 0 Å². The number of aromatic nitrogens is 2. The second-order valence-corrected chi connectivity index (χ2v) is 11.9. The quantitative estimate of drug-likeness (QED) is 0.189. The number of fused-ring (bicyclic) bond motifs is 1. The molecule has 0 saturated carbocycles. The SMILES string of the molecule is CC(Cc1ccc2c(c1)cc(C(=O)O)n2Cc1ccc(S(=O)(=O)N(C)C(F)(F)F)cc1)NCC(O)c1ccc(N)nc1. The lowest BCUT2D eigenvalue weighted by Crippen LogP contribution is -2.39. The van der Waals surface area contributed by atoms with E-state index in [1.165, 1.54) is 24.4 Å². The predicted octanol–water partition coefficient (Wildman–Crippen LogP) is 3.76. The summed E-state index contributed by atoms with van der Waals surface area (Å²) in [6, 6.07) is 15.2. The van der Waals surface area contributed by atoms with E-state index in [9.17, 15) is 36.6 Å². The minimum absolute atomic E-state index is 0.00190. The van der Waals surface area contributed by atoms with Crippen LogP contribution in [0.1, 0.15) is 40.2 Å². The van der Waals surface area contributed by atoms with Crippen molar-refractivity contribution in [1.29, 1.82) is 0 Å². The maximum Gasteiger partial charge on any atom is 0.473 e. The average molecular weight is 606 g/mol. The Balaban J connectivity index is 1.49. The maximum atomic E-state index is 12.9. The van der Waals surface area contributed by atoms with Crippen molar-refractivity contribution in [2.75, 3.05) is 19.3 Å². The summed E-state index contributed by atoms with van der Waals surface area (Å²) in [4.78, 5) is 15.5. The van der Waals surface area contributed by atoms with Gasteiger partial charge in [-0.25, -0.2) is 18.2 Å². The Labute approximate surface area is 240 Å². The number of hydrogen-bond acceptors (Lipinski definition) is 7. The summed E-state index contributed by atoms with van der Waals surface area (Å²) in [5, 5.41) is 24.2. The molecule has 2 unspecified atom stereocenters. The molecule has 10 nitrogen and oxygen atoms in total. The number of aliphatic hydroxyl groups is 1. The smallest absolute Gasteiger partial charge is 0.473 e. The average Bonchev–Trinajstić information content (AvgIpc) is 3.29. The number of pyridine rings is 1. The molecule has 4 rings (SSSR count). The molecule has 42 heavy (non-hydrogen) atoms. The third-order valence-corrected chi connectivity index (χ3v) is 8.66. The van der Waals surface area contributed by atoms with Crippen LogP contribution in [0.3, 0.4) is 0 Å². The number of anilines is 1. The highest BCUT2D eigenvalue weighted by atomic mass is 32.2. The van der Waals surface area contributed by atoms with Crippen LogP contribution in [0.2, 0.25) is 0 Å². The summed E-state index contributed by atoms with van der Waals surface area (Å²) >= 11 is 0. The van der Waals surface area contributed by atoms with Crippen molar-refractivity contribution in [1.82, 2.24) is 19.2 Å².